The summed E-state index contributed by atoms with van der Waals surface area (Å²) in [7, 11) is 2.05. The molecule has 3 heterocycles. The van der Waals surface area contributed by atoms with E-state index in [0.29, 0.717) is 5.88 Å². The molecule has 0 N–H and O–H groups in total. The molecule has 5 heteroatoms. The molecule has 3 aromatic rings. The Morgan fingerprint density at radius 3 is 2.76 bits per heavy atom. The molecule has 0 aliphatic heterocycles. The number of pyridine rings is 2. The van der Waals surface area contributed by atoms with Crippen LogP contribution in [0.2, 0.25) is 0 Å². The number of anilines is 1. The molecule has 0 unspecified atom stereocenters. The molecule has 0 radical (unpaired) electrons. The number of imidazole rings is 1. The van der Waals surface area contributed by atoms with Crippen molar-refractivity contribution in [3.05, 3.63) is 60.2 Å². The monoisotopic (exact) mass is 300 g/mol. The van der Waals surface area contributed by atoms with E-state index >= 15 is 0 Å². The van der Waals surface area contributed by atoms with Crippen molar-refractivity contribution >= 4 is 23.1 Å². The summed E-state index contributed by atoms with van der Waals surface area (Å²) in [6, 6.07) is 10.1. The number of rotatable bonds is 5. The molecule has 3 rings (SSSR count). The van der Waals surface area contributed by atoms with Crippen LogP contribution in [0.15, 0.2) is 48.9 Å². The van der Waals surface area contributed by atoms with Gasteiger partial charge in [-0.15, -0.1) is 11.6 Å². The maximum absolute atomic E-state index is 6.12. The van der Waals surface area contributed by atoms with E-state index in [1.807, 2.05) is 53.3 Å². The van der Waals surface area contributed by atoms with Crippen molar-refractivity contribution in [2.24, 2.45) is 0 Å². The number of nitrogens with zero attached hydrogens (tertiary/aromatic N) is 4. The summed E-state index contributed by atoms with van der Waals surface area (Å²) >= 11 is 6.12. The Balaban J connectivity index is 1.82. The first-order valence-electron chi connectivity index (χ1n) is 6.91. The standard InChI is InChI=1S/C16H17ClN4/c1-20(11-7-13-5-8-18-9-6-13)16-14(12-17)21-10-3-2-4-15(21)19-16/h2-6,8-10H,7,11-12H2,1H3. The fraction of sp³-hybridized carbons (Fsp3) is 0.250. The second-order valence-corrected chi connectivity index (χ2v) is 5.24. The van der Waals surface area contributed by atoms with Gasteiger partial charge in [-0.2, -0.15) is 0 Å². The van der Waals surface area contributed by atoms with Crippen LogP contribution < -0.4 is 4.90 Å². The minimum Gasteiger partial charge on any atom is -0.358 e. The van der Waals surface area contributed by atoms with E-state index < -0.39 is 0 Å². The van der Waals surface area contributed by atoms with Crippen LogP contribution in [0.1, 0.15) is 11.3 Å². The van der Waals surface area contributed by atoms with Crippen LogP contribution in [0, 0.1) is 0 Å². The number of likely N-dealkylation sites (N-methyl/N-ethyl adjacent to an activating group) is 1. The molecule has 0 amide bonds. The number of fused-ring (bicyclic) bond motifs is 1. The average Bonchev–Trinajstić information content (AvgIpc) is 2.92. The predicted octanol–water partition coefficient (Wildman–Crippen LogP) is 3.15. The Hall–Kier alpha value is -2.07. The summed E-state index contributed by atoms with van der Waals surface area (Å²) in [4.78, 5) is 10.9. The highest BCUT2D eigenvalue weighted by molar-refractivity contribution is 6.17. The number of alkyl halides is 1. The highest BCUT2D eigenvalue weighted by Gasteiger charge is 2.14. The summed E-state index contributed by atoms with van der Waals surface area (Å²) in [6.45, 7) is 0.887. The van der Waals surface area contributed by atoms with E-state index in [4.69, 9.17) is 11.6 Å². The van der Waals surface area contributed by atoms with Crippen molar-refractivity contribution in [3.63, 3.8) is 0 Å². The Kier molecular flexibility index (Phi) is 4.06. The quantitative estimate of drug-likeness (QED) is 0.679. The molecular formula is C16H17ClN4. The van der Waals surface area contributed by atoms with Crippen LogP contribution in [-0.2, 0) is 12.3 Å². The molecule has 0 bridgehead atoms. The SMILES string of the molecule is CN(CCc1ccncc1)c1nc2ccccn2c1CCl. The molecule has 0 saturated heterocycles. The zero-order valence-corrected chi connectivity index (χ0v) is 12.7. The third-order valence-electron chi connectivity index (χ3n) is 3.58. The highest BCUT2D eigenvalue weighted by Crippen LogP contribution is 2.22. The lowest BCUT2D eigenvalue weighted by molar-refractivity contribution is 0.856. The average molecular weight is 301 g/mol. The van der Waals surface area contributed by atoms with E-state index in [1.54, 1.807) is 0 Å². The summed E-state index contributed by atoms with van der Waals surface area (Å²) < 4.78 is 2.05. The van der Waals surface area contributed by atoms with Gasteiger partial charge in [-0.05, 0) is 36.2 Å². The van der Waals surface area contributed by atoms with Crippen LogP contribution in [0.25, 0.3) is 5.65 Å². The molecule has 4 nitrogen and oxygen atoms in total. The third-order valence-corrected chi connectivity index (χ3v) is 3.83. The van der Waals surface area contributed by atoms with Gasteiger partial charge in [0.1, 0.15) is 5.65 Å². The molecule has 0 aliphatic carbocycles. The normalized spacial score (nSPS) is 11.0. The summed E-state index contributed by atoms with van der Waals surface area (Å²) in [5, 5.41) is 0. The summed E-state index contributed by atoms with van der Waals surface area (Å²) in [5.74, 6) is 1.39. The zero-order chi connectivity index (χ0) is 14.7. The van der Waals surface area contributed by atoms with Gasteiger partial charge in [0, 0.05) is 32.2 Å². The van der Waals surface area contributed by atoms with Gasteiger partial charge in [-0.3, -0.25) is 4.98 Å². The lowest BCUT2D eigenvalue weighted by Gasteiger charge is -2.17. The van der Waals surface area contributed by atoms with Gasteiger partial charge in [0.05, 0.1) is 11.6 Å². The number of aromatic nitrogens is 3. The molecule has 0 saturated carbocycles. The van der Waals surface area contributed by atoms with Gasteiger partial charge >= 0.3 is 0 Å². The van der Waals surface area contributed by atoms with E-state index in [1.165, 1.54) is 5.56 Å². The van der Waals surface area contributed by atoms with Crippen molar-refractivity contribution < 1.29 is 0 Å². The Labute approximate surface area is 129 Å². The van der Waals surface area contributed by atoms with Crippen molar-refractivity contribution in [1.29, 1.82) is 0 Å². The Morgan fingerprint density at radius 1 is 1.19 bits per heavy atom. The summed E-state index contributed by atoms with van der Waals surface area (Å²) in [5.41, 5.74) is 3.23. The maximum Gasteiger partial charge on any atom is 0.152 e. The van der Waals surface area contributed by atoms with Crippen molar-refractivity contribution in [2.75, 3.05) is 18.5 Å². The molecule has 108 valence electrons. The van der Waals surface area contributed by atoms with E-state index in [2.05, 4.69) is 21.9 Å². The molecule has 3 aromatic heterocycles. The molecule has 21 heavy (non-hydrogen) atoms. The van der Waals surface area contributed by atoms with Gasteiger partial charge in [-0.1, -0.05) is 6.07 Å². The van der Waals surface area contributed by atoms with Gasteiger partial charge in [-0.25, -0.2) is 4.98 Å². The Bertz CT molecular complexity index is 723. The number of halogens is 1. The number of hydrogen-bond acceptors (Lipinski definition) is 3. The third kappa shape index (κ3) is 2.85. The molecular weight excluding hydrogens is 284 g/mol. The van der Waals surface area contributed by atoms with E-state index in [9.17, 15) is 0 Å². The fourth-order valence-electron chi connectivity index (χ4n) is 2.42. The first kappa shape index (κ1) is 13.9. The number of hydrogen-bond donors (Lipinski definition) is 0. The van der Waals surface area contributed by atoms with Gasteiger partial charge in [0.15, 0.2) is 5.82 Å². The van der Waals surface area contributed by atoms with Gasteiger partial charge in [0.25, 0.3) is 0 Å². The maximum atomic E-state index is 6.12. The molecule has 0 spiro atoms. The van der Waals surface area contributed by atoms with Crippen LogP contribution in [0.4, 0.5) is 5.82 Å². The van der Waals surface area contributed by atoms with Crippen molar-refractivity contribution in [3.8, 4) is 0 Å². The molecule has 0 aromatic carbocycles. The first-order valence-corrected chi connectivity index (χ1v) is 7.45. The topological polar surface area (TPSA) is 33.4 Å². The predicted molar refractivity (Wildman–Crippen MR) is 86.0 cm³/mol. The van der Waals surface area contributed by atoms with Crippen LogP contribution in [0.5, 0.6) is 0 Å². The smallest absolute Gasteiger partial charge is 0.152 e. The second kappa shape index (κ2) is 6.14. The van der Waals surface area contributed by atoms with Crippen LogP contribution >= 0.6 is 11.6 Å². The molecule has 0 fully saturated rings. The second-order valence-electron chi connectivity index (χ2n) is 4.97. The van der Waals surface area contributed by atoms with Crippen molar-refractivity contribution in [1.82, 2.24) is 14.4 Å². The molecule has 0 aliphatic rings. The minimum absolute atomic E-state index is 0.445. The van der Waals surface area contributed by atoms with E-state index in [0.717, 1.165) is 30.1 Å². The van der Waals surface area contributed by atoms with Crippen LogP contribution in [0.3, 0.4) is 0 Å². The van der Waals surface area contributed by atoms with E-state index in [-0.39, 0.29) is 0 Å². The van der Waals surface area contributed by atoms with Crippen LogP contribution in [-0.4, -0.2) is 28.0 Å². The zero-order valence-electron chi connectivity index (χ0n) is 11.9. The molecule has 0 atom stereocenters. The lowest BCUT2D eigenvalue weighted by Crippen LogP contribution is -2.21. The van der Waals surface area contributed by atoms with Gasteiger partial charge in [0.2, 0.25) is 0 Å². The summed E-state index contributed by atoms with van der Waals surface area (Å²) in [6.07, 6.45) is 6.60. The Morgan fingerprint density at radius 2 is 2.00 bits per heavy atom. The first-order chi connectivity index (χ1) is 10.3. The highest BCUT2D eigenvalue weighted by atomic mass is 35.5. The fourth-order valence-corrected chi connectivity index (χ4v) is 2.66. The van der Waals surface area contributed by atoms with Gasteiger partial charge < -0.3 is 9.30 Å². The lowest BCUT2D eigenvalue weighted by atomic mass is 10.2. The van der Waals surface area contributed by atoms with Crippen molar-refractivity contribution in [2.45, 2.75) is 12.3 Å². The largest absolute Gasteiger partial charge is 0.358 e. The minimum atomic E-state index is 0.445.